The minimum absolute atomic E-state index is 0.329. The number of nitrogens with two attached hydrogens (primary N) is 1. The molecule has 8 heteroatoms. The number of fused-ring (bicyclic) bond motifs is 2. The zero-order chi connectivity index (χ0) is 23.2. The van der Waals surface area contributed by atoms with E-state index < -0.39 is 0 Å². The molecule has 3 aromatic carbocycles. The van der Waals surface area contributed by atoms with E-state index in [2.05, 4.69) is 50.0 Å². The van der Waals surface area contributed by atoms with Gasteiger partial charge in [0.25, 0.3) is 0 Å². The number of halogens is 1. The van der Waals surface area contributed by atoms with Gasteiger partial charge in [0.2, 0.25) is 0 Å². The van der Waals surface area contributed by atoms with Gasteiger partial charge in [0.05, 0.1) is 27.6 Å². The zero-order valence-electron chi connectivity index (χ0n) is 19.0. The van der Waals surface area contributed by atoms with Crippen molar-refractivity contribution < 1.29 is 4.39 Å². The van der Waals surface area contributed by atoms with Gasteiger partial charge in [0.15, 0.2) is 0 Å². The first-order valence-corrected chi connectivity index (χ1v) is 11.5. The maximum atomic E-state index is 14.4. The van der Waals surface area contributed by atoms with Gasteiger partial charge in [-0.25, -0.2) is 14.4 Å². The zero-order valence-corrected chi connectivity index (χ0v) is 19.0. The number of aromatic amines is 2. The summed E-state index contributed by atoms with van der Waals surface area (Å²) in [6.07, 6.45) is 0. The Morgan fingerprint density at radius 2 is 1.56 bits per heavy atom. The van der Waals surface area contributed by atoms with Gasteiger partial charge in [-0.3, -0.25) is 0 Å². The van der Waals surface area contributed by atoms with E-state index >= 15 is 0 Å². The Hall–Kier alpha value is -3.75. The summed E-state index contributed by atoms with van der Waals surface area (Å²) in [6, 6.07) is 17.2. The Balaban J connectivity index is 1.33. The molecule has 1 fully saturated rings. The quantitative estimate of drug-likeness (QED) is 0.379. The molecule has 7 nitrogen and oxygen atoms in total. The van der Waals surface area contributed by atoms with E-state index in [1.165, 1.54) is 11.8 Å². The minimum atomic E-state index is -0.329. The van der Waals surface area contributed by atoms with Gasteiger partial charge in [0.1, 0.15) is 17.5 Å². The van der Waals surface area contributed by atoms with Crippen molar-refractivity contribution in [1.82, 2.24) is 24.8 Å². The van der Waals surface area contributed by atoms with E-state index in [4.69, 9.17) is 10.7 Å². The fraction of sp³-hybridized carbons (Fsp3) is 0.231. The maximum absolute atomic E-state index is 14.4. The smallest absolute Gasteiger partial charge is 0.141 e. The Kier molecular flexibility index (Phi) is 5.04. The van der Waals surface area contributed by atoms with Crippen LogP contribution in [0.25, 0.3) is 44.8 Å². The number of H-pyrrole nitrogens is 2. The standard InChI is InChI=1S/C26H26FN7/c1-33-8-10-34(11-9-33)18-4-7-22-24(14-18)31-25(29-22)17-3-6-21-23(13-17)32-26(30-21)19-12-16(15-28)2-5-20(19)27/h2-7,12-14H,8-11,15,28H2,1H3,(H,29,31)(H,30,32). The fourth-order valence-electron chi connectivity index (χ4n) is 4.56. The van der Waals surface area contributed by atoms with Crippen molar-refractivity contribution in [2.75, 3.05) is 38.1 Å². The van der Waals surface area contributed by atoms with Gasteiger partial charge in [-0.1, -0.05) is 6.07 Å². The number of rotatable bonds is 4. The second-order valence-electron chi connectivity index (χ2n) is 8.91. The average molecular weight is 456 g/mol. The molecule has 1 aliphatic rings. The van der Waals surface area contributed by atoms with Crippen molar-refractivity contribution in [3.8, 4) is 22.8 Å². The van der Waals surface area contributed by atoms with Gasteiger partial charge >= 0.3 is 0 Å². The second kappa shape index (κ2) is 8.23. The van der Waals surface area contributed by atoms with Crippen LogP contribution in [0.3, 0.4) is 0 Å². The molecule has 0 unspecified atom stereocenters. The van der Waals surface area contributed by atoms with Crippen molar-refractivity contribution in [2.24, 2.45) is 5.73 Å². The molecule has 0 radical (unpaired) electrons. The van der Waals surface area contributed by atoms with Gasteiger partial charge in [-0.15, -0.1) is 0 Å². The number of likely N-dealkylation sites (N-methyl/N-ethyl adjacent to an activating group) is 1. The van der Waals surface area contributed by atoms with Crippen molar-refractivity contribution >= 4 is 27.8 Å². The molecule has 0 aliphatic carbocycles. The highest BCUT2D eigenvalue weighted by Crippen LogP contribution is 2.29. The summed E-state index contributed by atoms with van der Waals surface area (Å²) in [7, 11) is 2.16. The van der Waals surface area contributed by atoms with Crippen molar-refractivity contribution in [3.63, 3.8) is 0 Å². The summed E-state index contributed by atoms with van der Waals surface area (Å²) in [6.45, 7) is 4.53. The van der Waals surface area contributed by atoms with E-state index in [0.717, 1.165) is 65.2 Å². The molecule has 5 aromatic rings. The van der Waals surface area contributed by atoms with Crippen LogP contribution in [0.15, 0.2) is 54.6 Å². The molecule has 0 bridgehead atoms. The van der Waals surface area contributed by atoms with Crippen molar-refractivity contribution in [3.05, 3.63) is 66.0 Å². The maximum Gasteiger partial charge on any atom is 0.141 e. The second-order valence-corrected chi connectivity index (χ2v) is 8.91. The number of aromatic nitrogens is 4. The van der Waals surface area contributed by atoms with E-state index in [9.17, 15) is 4.39 Å². The topological polar surface area (TPSA) is 89.9 Å². The van der Waals surface area contributed by atoms with E-state index in [-0.39, 0.29) is 5.82 Å². The predicted octanol–water partition coefficient (Wildman–Crippen LogP) is 4.12. The van der Waals surface area contributed by atoms with E-state index in [0.29, 0.717) is 17.9 Å². The SMILES string of the molecule is CN1CCN(c2ccc3nc(-c4ccc5nc(-c6cc(CN)ccc6F)[nH]c5c4)[nH]c3c2)CC1. The highest BCUT2D eigenvalue weighted by molar-refractivity contribution is 5.87. The molecule has 1 saturated heterocycles. The average Bonchev–Trinajstić information content (AvgIpc) is 3.48. The highest BCUT2D eigenvalue weighted by atomic mass is 19.1. The monoisotopic (exact) mass is 455 g/mol. The first-order chi connectivity index (χ1) is 16.6. The van der Waals surface area contributed by atoms with Crippen molar-refractivity contribution in [1.29, 1.82) is 0 Å². The molecule has 2 aromatic heterocycles. The van der Waals surface area contributed by atoms with Crippen LogP contribution in [-0.2, 0) is 6.54 Å². The number of nitrogens with one attached hydrogen (secondary N) is 2. The number of benzene rings is 3. The number of imidazole rings is 2. The van der Waals surface area contributed by atoms with Gasteiger partial charge in [-0.05, 0) is 61.1 Å². The van der Waals surface area contributed by atoms with Crippen LogP contribution in [0.5, 0.6) is 0 Å². The summed E-state index contributed by atoms with van der Waals surface area (Å²) < 4.78 is 14.4. The van der Waals surface area contributed by atoms with Crippen LogP contribution < -0.4 is 10.6 Å². The van der Waals surface area contributed by atoms with Crippen LogP contribution in [0.2, 0.25) is 0 Å². The van der Waals surface area contributed by atoms with E-state index in [1.807, 2.05) is 18.2 Å². The molecular weight excluding hydrogens is 429 g/mol. The van der Waals surface area contributed by atoms with Crippen LogP contribution in [0.1, 0.15) is 5.56 Å². The molecule has 4 N–H and O–H groups in total. The van der Waals surface area contributed by atoms with Crippen LogP contribution in [0.4, 0.5) is 10.1 Å². The van der Waals surface area contributed by atoms with Gasteiger partial charge in [0, 0.05) is 44.0 Å². The number of piperazine rings is 1. The first kappa shape index (κ1) is 20.8. The lowest BCUT2D eigenvalue weighted by atomic mass is 10.1. The number of nitrogens with zero attached hydrogens (tertiary/aromatic N) is 4. The lowest BCUT2D eigenvalue weighted by Gasteiger charge is -2.34. The number of anilines is 1. The lowest BCUT2D eigenvalue weighted by molar-refractivity contribution is 0.313. The summed E-state index contributed by atoms with van der Waals surface area (Å²) >= 11 is 0. The number of hydrogen-bond donors (Lipinski definition) is 3. The Labute approximate surface area is 196 Å². The summed E-state index contributed by atoms with van der Waals surface area (Å²) in [5, 5.41) is 0. The largest absolute Gasteiger partial charge is 0.369 e. The van der Waals surface area contributed by atoms with Crippen LogP contribution >= 0.6 is 0 Å². The Morgan fingerprint density at radius 3 is 2.35 bits per heavy atom. The van der Waals surface area contributed by atoms with Crippen LogP contribution in [0, 0.1) is 5.82 Å². The Morgan fingerprint density at radius 1 is 0.853 bits per heavy atom. The summed E-state index contributed by atoms with van der Waals surface area (Å²) in [5.74, 6) is 0.950. The lowest BCUT2D eigenvalue weighted by Crippen LogP contribution is -2.44. The molecular formula is C26H26FN7. The molecule has 34 heavy (non-hydrogen) atoms. The normalized spacial score (nSPS) is 15.0. The number of hydrogen-bond acceptors (Lipinski definition) is 5. The molecule has 0 saturated carbocycles. The third kappa shape index (κ3) is 3.70. The molecule has 172 valence electrons. The fourth-order valence-corrected chi connectivity index (χ4v) is 4.56. The van der Waals surface area contributed by atoms with Gasteiger partial charge in [-0.2, -0.15) is 0 Å². The molecule has 3 heterocycles. The predicted molar refractivity (Wildman–Crippen MR) is 134 cm³/mol. The molecule has 0 atom stereocenters. The Bertz CT molecular complexity index is 1490. The molecule has 6 rings (SSSR count). The highest BCUT2D eigenvalue weighted by Gasteiger charge is 2.16. The summed E-state index contributed by atoms with van der Waals surface area (Å²) in [4.78, 5) is 20.9. The minimum Gasteiger partial charge on any atom is -0.369 e. The van der Waals surface area contributed by atoms with Crippen molar-refractivity contribution in [2.45, 2.75) is 6.54 Å². The van der Waals surface area contributed by atoms with E-state index in [1.54, 1.807) is 12.1 Å². The van der Waals surface area contributed by atoms with Crippen LogP contribution in [-0.4, -0.2) is 58.1 Å². The van der Waals surface area contributed by atoms with Gasteiger partial charge < -0.3 is 25.5 Å². The third-order valence-electron chi connectivity index (χ3n) is 6.61. The molecule has 0 amide bonds. The molecule has 1 aliphatic heterocycles. The first-order valence-electron chi connectivity index (χ1n) is 11.5. The summed E-state index contributed by atoms with van der Waals surface area (Å²) in [5.41, 5.74) is 12.7. The molecule has 0 spiro atoms. The third-order valence-corrected chi connectivity index (χ3v) is 6.61.